The molecule has 1 N–H and O–H groups in total. The van der Waals surface area contributed by atoms with E-state index in [0.29, 0.717) is 5.13 Å². The Labute approximate surface area is 164 Å². The molecule has 0 spiro atoms. The summed E-state index contributed by atoms with van der Waals surface area (Å²) < 4.78 is 18.9. The number of carbonyl (C=O) groups is 1. The number of non-ortho nitro benzene ring substituents is 1. The summed E-state index contributed by atoms with van der Waals surface area (Å²) in [7, 11) is 0. The lowest BCUT2D eigenvalue weighted by atomic mass is 10.1. The van der Waals surface area contributed by atoms with Crippen LogP contribution in [0.1, 0.15) is 11.1 Å². The van der Waals surface area contributed by atoms with E-state index in [4.69, 9.17) is 4.74 Å². The molecule has 1 heterocycles. The van der Waals surface area contributed by atoms with Gasteiger partial charge in [0.15, 0.2) is 23.3 Å². The standard InChI is InChI=1S/C19H16FN3O4S/c1-11-3-4-13(7-12(11)2)16-10-28-19(21-16)22-18(24)9-27-17-6-5-14(23(25)26)8-15(17)20/h3-8,10H,9H2,1-2H3,(H,21,22,24). The van der Waals surface area contributed by atoms with E-state index in [1.165, 1.54) is 16.9 Å². The van der Waals surface area contributed by atoms with Crippen LogP contribution in [0.4, 0.5) is 15.2 Å². The van der Waals surface area contributed by atoms with Gasteiger partial charge in [0.05, 0.1) is 16.7 Å². The zero-order valence-corrected chi connectivity index (χ0v) is 15.9. The average molecular weight is 401 g/mol. The number of aryl methyl sites for hydroxylation is 2. The smallest absolute Gasteiger partial charge is 0.272 e. The minimum atomic E-state index is -0.909. The average Bonchev–Trinajstić information content (AvgIpc) is 3.11. The zero-order valence-electron chi connectivity index (χ0n) is 15.1. The monoisotopic (exact) mass is 401 g/mol. The number of rotatable bonds is 6. The second-order valence-corrected chi connectivity index (χ2v) is 6.90. The molecule has 3 aromatic rings. The van der Waals surface area contributed by atoms with E-state index in [9.17, 15) is 19.3 Å². The van der Waals surface area contributed by atoms with E-state index < -0.39 is 28.9 Å². The van der Waals surface area contributed by atoms with Gasteiger partial charge in [-0.3, -0.25) is 20.2 Å². The molecule has 0 aliphatic rings. The second-order valence-electron chi connectivity index (χ2n) is 6.05. The highest BCUT2D eigenvalue weighted by atomic mass is 32.1. The normalized spacial score (nSPS) is 10.5. The van der Waals surface area contributed by atoms with Crippen LogP contribution < -0.4 is 10.1 Å². The Bertz CT molecular complexity index is 1050. The molecular weight excluding hydrogens is 385 g/mol. The lowest BCUT2D eigenvalue weighted by Gasteiger charge is -2.06. The van der Waals surface area contributed by atoms with Gasteiger partial charge in [-0.05, 0) is 37.1 Å². The number of nitrogens with zero attached hydrogens (tertiary/aromatic N) is 2. The zero-order chi connectivity index (χ0) is 20.3. The van der Waals surface area contributed by atoms with Crippen LogP contribution in [0.3, 0.4) is 0 Å². The molecule has 0 saturated carbocycles. The number of benzene rings is 2. The number of nitro benzene ring substituents is 1. The first-order valence-electron chi connectivity index (χ1n) is 8.23. The van der Waals surface area contributed by atoms with Crippen molar-refractivity contribution in [2.45, 2.75) is 13.8 Å². The van der Waals surface area contributed by atoms with Crippen LogP contribution in [-0.4, -0.2) is 22.4 Å². The van der Waals surface area contributed by atoms with Crippen molar-refractivity contribution in [2.24, 2.45) is 0 Å². The van der Waals surface area contributed by atoms with Crippen molar-refractivity contribution in [3.63, 3.8) is 0 Å². The Balaban J connectivity index is 1.60. The Morgan fingerprint density at radius 1 is 1.25 bits per heavy atom. The van der Waals surface area contributed by atoms with Crippen molar-refractivity contribution in [3.8, 4) is 17.0 Å². The summed E-state index contributed by atoms with van der Waals surface area (Å²) >= 11 is 1.27. The highest BCUT2D eigenvalue weighted by Crippen LogP contribution is 2.27. The molecule has 3 rings (SSSR count). The molecule has 0 atom stereocenters. The molecule has 0 radical (unpaired) electrons. The van der Waals surface area contributed by atoms with Crippen LogP contribution in [0, 0.1) is 29.8 Å². The van der Waals surface area contributed by atoms with Gasteiger partial charge >= 0.3 is 0 Å². The van der Waals surface area contributed by atoms with Gasteiger partial charge in [-0.2, -0.15) is 0 Å². The van der Waals surface area contributed by atoms with Crippen LogP contribution in [0.15, 0.2) is 41.8 Å². The van der Waals surface area contributed by atoms with Gasteiger partial charge in [-0.1, -0.05) is 12.1 Å². The summed E-state index contributed by atoms with van der Waals surface area (Å²) in [6, 6.07) is 8.95. The van der Waals surface area contributed by atoms with Gasteiger partial charge in [0, 0.05) is 17.0 Å². The summed E-state index contributed by atoms with van der Waals surface area (Å²) in [6.45, 7) is 3.59. The first kappa shape index (κ1) is 19.4. The Morgan fingerprint density at radius 2 is 2.04 bits per heavy atom. The lowest BCUT2D eigenvalue weighted by molar-refractivity contribution is -0.385. The summed E-state index contributed by atoms with van der Waals surface area (Å²) in [5.74, 6) is -1.66. The quantitative estimate of drug-likeness (QED) is 0.485. The highest BCUT2D eigenvalue weighted by Gasteiger charge is 2.14. The summed E-state index contributed by atoms with van der Waals surface area (Å²) in [4.78, 5) is 26.3. The number of amides is 1. The highest BCUT2D eigenvalue weighted by molar-refractivity contribution is 7.14. The van der Waals surface area contributed by atoms with E-state index in [2.05, 4.69) is 10.3 Å². The number of ether oxygens (including phenoxy) is 1. The third-order valence-electron chi connectivity index (χ3n) is 4.04. The minimum Gasteiger partial charge on any atom is -0.481 e. The van der Waals surface area contributed by atoms with Crippen molar-refractivity contribution < 1.29 is 18.8 Å². The molecule has 1 amide bonds. The van der Waals surface area contributed by atoms with E-state index in [-0.39, 0.29) is 5.75 Å². The van der Waals surface area contributed by atoms with Crippen LogP contribution in [-0.2, 0) is 4.79 Å². The predicted octanol–water partition coefficient (Wildman–Crippen LogP) is 4.49. The van der Waals surface area contributed by atoms with Gasteiger partial charge in [-0.25, -0.2) is 9.37 Å². The summed E-state index contributed by atoms with van der Waals surface area (Å²) in [6.07, 6.45) is 0. The third kappa shape index (κ3) is 4.49. The molecule has 0 saturated heterocycles. The van der Waals surface area contributed by atoms with Crippen LogP contribution >= 0.6 is 11.3 Å². The summed E-state index contributed by atoms with van der Waals surface area (Å²) in [5.41, 5.74) is 3.63. The van der Waals surface area contributed by atoms with Crippen molar-refractivity contribution in [3.05, 3.63) is 68.8 Å². The first-order valence-corrected chi connectivity index (χ1v) is 9.11. The number of nitrogens with one attached hydrogen (secondary N) is 1. The third-order valence-corrected chi connectivity index (χ3v) is 4.80. The number of aromatic nitrogens is 1. The molecule has 28 heavy (non-hydrogen) atoms. The van der Waals surface area contributed by atoms with E-state index >= 15 is 0 Å². The number of hydrogen-bond acceptors (Lipinski definition) is 6. The Kier molecular flexibility index (Phi) is 5.65. The van der Waals surface area contributed by atoms with Gasteiger partial charge in [-0.15, -0.1) is 11.3 Å². The molecule has 7 nitrogen and oxygen atoms in total. The van der Waals surface area contributed by atoms with E-state index in [1.54, 1.807) is 0 Å². The molecule has 144 valence electrons. The SMILES string of the molecule is Cc1ccc(-c2csc(NC(=O)COc3ccc([N+](=O)[O-])cc3F)n2)cc1C. The molecule has 2 aromatic carbocycles. The molecule has 0 fully saturated rings. The molecule has 0 unspecified atom stereocenters. The number of thiazole rings is 1. The van der Waals surface area contributed by atoms with Gasteiger partial charge in [0.2, 0.25) is 0 Å². The van der Waals surface area contributed by atoms with E-state index in [1.807, 2.05) is 37.4 Å². The van der Waals surface area contributed by atoms with Crippen LogP contribution in [0.5, 0.6) is 5.75 Å². The lowest BCUT2D eigenvalue weighted by Crippen LogP contribution is -2.20. The fourth-order valence-corrected chi connectivity index (χ4v) is 3.12. The van der Waals surface area contributed by atoms with Crippen molar-refractivity contribution in [2.75, 3.05) is 11.9 Å². The molecule has 0 bridgehead atoms. The molecule has 1 aromatic heterocycles. The van der Waals surface area contributed by atoms with E-state index in [0.717, 1.165) is 35.0 Å². The predicted molar refractivity (Wildman–Crippen MR) is 104 cm³/mol. The maximum Gasteiger partial charge on any atom is 0.272 e. The second kappa shape index (κ2) is 8.13. The fraction of sp³-hybridized carbons (Fsp3) is 0.158. The number of carbonyl (C=O) groups excluding carboxylic acids is 1. The largest absolute Gasteiger partial charge is 0.481 e. The van der Waals surface area contributed by atoms with Crippen molar-refractivity contribution in [1.82, 2.24) is 4.98 Å². The molecular formula is C19H16FN3O4S. The fourth-order valence-electron chi connectivity index (χ4n) is 2.38. The van der Waals surface area contributed by atoms with Gasteiger partial charge in [0.1, 0.15) is 0 Å². The van der Waals surface area contributed by atoms with Gasteiger partial charge in [0.25, 0.3) is 11.6 Å². The van der Waals surface area contributed by atoms with Crippen LogP contribution in [0.2, 0.25) is 0 Å². The number of nitro groups is 1. The van der Waals surface area contributed by atoms with Crippen molar-refractivity contribution in [1.29, 1.82) is 0 Å². The minimum absolute atomic E-state index is 0.240. The molecule has 0 aliphatic carbocycles. The molecule has 9 heteroatoms. The summed E-state index contributed by atoms with van der Waals surface area (Å²) in [5, 5.41) is 15.4. The topological polar surface area (TPSA) is 94.4 Å². The number of halogens is 1. The van der Waals surface area contributed by atoms with Crippen LogP contribution in [0.25, 0.3) is 11.3 Å². The molecule has 0 aliphatic heterocycles. The Hall–Kier alpha value is -3.33. The number of anilines is 1. The Morgan fingerprint density at radius 3 is 2.71 bits per heavy atom. The van der Waals surface area contributed by atoms with Gasteiger partial charge < -0.3 is 4.74 Å². The maximum atomic E-state index is 13.8. The maximum absolute atomic E-state index is 13.8. The van der Waals surface area contributed by atoms with Crippen molar-refractivity contribution >= 4 is 28.1 Å². The first-order chi connectivity index (χ1) is 13.3. The number of hydrogen-bond donors (Lipinski definition) is 1.